The molecule has 0 saturated carbocycles. The second kappa shape index (κ2) is 2.48. The third-order valence-corrected chi connectivity index (χ3v) is 1.77. The van der Waals surface area contributed by atoms with E-state index in [1.807, 2.05) is 18.0 Å². The molecule has 0 radical (unpaired) electrons. The Morgan fingerprint density at radius 1 is 1.67 bits per heavy atom. The van der Waals surface area contributed by atoms with Gasteiger partial charge in [0.15, 0.2) is 0 Å². The van der Waals surface area contributed by atoms with E-state index in [0.717, 1.165) is 5.70 Å². The van der Waals surface area contributed by atoms with Crippen LogP contribution < -0.4 is 5.32 Å². The summed E-state index contributed by atoms with van der Waals surface area (Å²) in [6.07, 6.45) is 5.24. The van der Waals surface area contributed by atoms with Crippen molar-refractivity contribution in [2.45, 2.75) is 6.92 Å². The molecule has 0 bridgehead atoms. The van der Waals surface area contributed by atoms with E-state index in [1.165, 1.54) is 0 Å². The number of amides is 1. The number of hydrogen-bond donors (Lipinski definition) is 1. The Morgan fingerprint density at radius 3 is 3.33 bits per heavy atom. The zero-order valence-corrected chi connectivity index (χ0v) is 6.74. The van der Waals surface area contributed by atoms with Crippen molar-refractivity contribution < 1.29 is 4.79 Å². The third-order valence-electron chi connectivity index (χ3n) is 1.77. The van der Waals surface area contributed by atoms with Crippen LogP contribution in [0.4, 0.5) is 0 Å². The number of rotatable bonds is 0. The highest BCUT2D eigenvalue weighted by molar-refractivity contribution is 5.99. The van der Waals surface area contributed by atoms with Gasteiger partial charge in [-0.3, -0.25) is 9.79 Å². The molecule has 62 valence electrons. The highest BCUT2D eigenvalue weighted by Gasteiger charge is 2.21. The second-order valence-electron chi connectivity index (χ2n) is 2.76. The third kappa shape index (κ3) is 1.01. The van der Waals surface area contributed by atoms with Crippen molar-refractivity contribution in [3.63, 3.8) is 0 Å². The average molecular weight is 163 g/mol. The van der Waals surface area contributed by atoms with Gasteiger partial charge in [0, 0.05) is 18.1 Å². The molecule has 0 aromatic carbocycles. The molecule has 0 saturated heterocycles. The number of allylic oxidation sites excluding steroid dienone is 2. The minimum absolute atomic E-state index is 0.0545. The number of fused-ring (bicyclic) bond motifs is 1. The number of nitrogens with one attached hydrogen (secondary N) is 1. The number of hydrogen-bond acceptors (Lipinski definition) is 3. The molecule has 1 amide bonds. The van der Waals surface area contributed by atoms with Gasteiger partial charge in [-0.1, -0.05) is 0 Å². The predicted octanol–water partition coefficient (Wildman–Crippen LogP) is 0.205. The lowest BCUT2D eigenvalue weighted by atomic mass is 10.2. The molecule has 1 N–H and O–H groups in total. The van der Waals surface area contributed by atoms with E-state index < -0.39 is 0 Å². The van der Waals surface area contributed by atoms with Crippen molar-refractivity contribution in [1.82, 2.24) is 10.2 Å². The van der Waals surface area contributed by atoms with Crippen LogP contribution in [0.15, 0.2) is 28.7 Å². The molecule has 0 unspecified atom stereocenters. The largest absolute Gasteiger partial charge is 0.323 e. The van der Waals surface area contributed by atoms with Gasteiger partial charge < -0.3 is 10.2 Å². The Labute approximate surface area is 70.3 Å². The number of aliphatic imine (C=N–C) groups is 1. The smallest absolute Gasteiger partial charge is 0.272 e. The van der Waals surface area contributed by atoms with E-state index in [2.05, 4.69) is 10.3 Å². The summed E-state index contributed by atoms with van der Waals surface area (Å²) in [5.74, 6) is -0.0545. The fourth-order valence-corrected chi connectivity index (χ4v) is 1.26. The minimum atomic E-state index is -0.0545. The topological polar surface area (TPSA) is 44.7 Å². The van der Waals surface area contributed by atoms with Gasteiger partial charge in [-0.05, 0) is 13.0 Å². The molecule has 4 nitrogen and oxygen atoms in total. The highest BCUT2D eigenvalue weighted by Crippen LogP contribution is 2.14. The zero-order chi connectivity index (χ0) is 8.55. The maximum Gasteiger partial charge on any atom is 0.272 e. The Kier molecular flexibility index (Phi) is 1.46. The SMILES string of the molecule is CC1=CN2CN=CC=C2C(=O)N1. The molecule has 2 aliphatic heterocycles. The summed E-state index contributed by atoms with van der Waals surface area (Å²) in [7, 11) is 0. The average Bonchev–Trinajstić information content (AvgIpc) is 2.04. The Hall–Kier alpha value is -1.58. The predicted molar refractivity (Wildman–Crippen MR) is 45.2 cm³/mol. The molecular formula is C8H9N3O. The first-order valence-corrected chi connectivity index (χ1v) is 3.74. The lowest BCUT2D eigenvalue weighted by Crippen LogP contribution is -2.38. The Morgan fingerprint density at radius 2 is 2.50 bits per heavy atom. The summed E-state index contributed by atoms with van der Waals surface area (Å²) in [6.45, 7) is 2.39. The van der Waals surface area contributed by atoms with Crippen LogP contribution in [0.5, 0.6) is 0 Å². The fraction of sp³-hybridized carbons (Fsp3) is 0.250. The van der Waals surface area contributed by atoms with E-state index in [9.17, 15) is 4.79 Å². The van der Waals surface area contributed by atoms with Gasteiger partial charge in [0.05, 0.1) is 0 Å². The van der Waals surface area contributed by atoms with Crippen LogP contribution in [0.1, 0.15) is 6.92 Å². The second-order valence-corrected chi connectivity index (χ2v) is 2.76. The number of carbonyl (C=O) groups is 1. The lowest BCUT2D eigenvalue weighted by Gasteiger charge is -2.27. The molecule has 4 heteroatoms. The lowest BCUT2D eigenvalue weighted by molar-refractivity contribution is -0.118. The van der Waals surface area contributed by atoms with E-state index in [1.54, 1.807) is 12.3 Å². The summed E-state index contributed by atoms with van der Waals surface area (Å²) in [6, 6.07) is 0. The van der Waals surface area contributed by atoms with Crippen molar-refractivity contribution >= 4 is 12.1 Å². The van der Waals surface area contributed by atoms with Crippen LogP contribution >= 0.6 is 0 Å². The summed E-state index contributed by atoms with van der Waals surface area (Å²) >= 11 is 0. The molecular weight excluding hydrogens is 154 g/mol. The van der Waals surface area contributed by atoms with Crippen LogP contribution in [0.3, 0.4) is 0 Å². The van der Waals surface area contributed by atoms with Crippen LogP contribution in [-0.4, -0.2) is 23.7 Å². The molecule has 0 aliphatic carbocycles. The number of carbonyl (C=O) groups excluding carboxylic acids is 1. The van der Waals surface area contributed by atoms with Crippen LogP contribution in [0.25, 0.3) is 0 Å². The van der Waals surface area contributed by atoms with Gasteiger partial charge in [-0.25, -0.2) is 0 Å². The van der Waals surface area contributed by atoms with Gasteiger partial charge in [-0.15, -0.1) is 0 Å². The van der Waals surface area contributed by atoms with Gasteiger partial charge >= 0.3 is 0 Å². The summed E-state index contributed by atoms with van der Waals surface area (Å²) < 4.78 is 0. The zero-order valence-electron chi connectivity index (χ0n) is 6.74. The minimum Gasteiger partial charge on any atom is -0.323 e. The molecule has 12 heavy (non-hydrogen) atoms. The van der Waals surface area contributed by atoms with Crippen LogP contribution in [0, 0.1) is 0 Å². The van der Waals surface area contributed by atoms with Gasteiger partial charge in [0.25, 0.3) is 5.91 Å². The first kappa shape index (κ1) is 7.09. The first-order valence-electron chi connectivity index (χ1n) is 3.74. The maximum absolute atomic E-state index is 11.3. The molecule has 0 atom stereocenters. The summed E-state index contributed by atoms with van der Waals surface area (Å²) in [5, 5.41) is 2.73. The summed E-state index contributed by atoms with van der Waals surface area (Å²) in [4.78, 5) is 17.2. The van der Waals surface area contributed by atoms with Gasteiger partial charge in [-0.2, -0.15) is 0 Å². The molecule has 2 heterocycles. The first-order chi connectivity index (χ1) is 5.77. The molecule has 2 aliphatic rings. The van der Waals surface area contributed by atoms with E-state index >= 15 is 0 Å². The van der Waals surface area contributed by atoms with Crippen LogP contribution in [-0.2, 0) is 4.79 Å². The molecule has 0 spiro atoms. The quantitative estimate of drug-likeness (QED) is 0.554. The standard InChI is InChI=1S/C8H9N3O/c1-6-4-11-5-9-3-2-7(11)8(12)10-6/h2-4H,5H2,1H3,(H,10,12). The molecule has 2 rings (SSSR count). The van der Waals surface area contributed by atoms with Crippen LogP contribution in [0.2, 0.25) is 0 Å². The highest BCUT2D eigenvalue weighted by atomic mass is 16.2. The monoisotopic (exact) mass is 163 g/mol. The fourth-order valence-electron chi connectivity index (χ4n) is 1.26. The van der Waals surface area contributed by atoms with Gasteiger partial charge in [0.1, 0.15) is 12.4 Å². The Bertz CT molecular complexity index is 314. The van der Waals surface area contributed by atoms with E-state index in [0.29, 0.717) is 12.4 Å². The molecule has 0 fully saturated rings. The van der Waals surface area contributed by atoms with Gasteiger partial charge in [0.2, 0.25) is 0 Å². The van der Waals surface area contributed by atoms with E-state index in [4.69, 9.17) is 0 Å². The summed E-state index contributed by atoms with van der Waals surface area (Å²) in [5.41, 5.74) is 1.52. The van der Waals surface area contributed by atoms with Crippen molar-refractivity contribution in [3.8, 4) is 0 Å². The molecule has 0 aromatic heterocycles. The maximum atomic E-state index is 11.3. The normalized spacial score (nSPS) is 21.1. The molecule has 0 aromatic rings. The van der Waals surface area contributed by atoms with Crippen molar-refractivity contribution in [2.75, 3.05) is 6.67 Å². The number of nitrogens with zero attached hydrogens (tertiary/aromatic N) is 2. The Balaban J connectivity index is 2.39. The van der Waals surface area contributed by atoms with Crippen molar-refractivity contribution in [1.29, 1.82) is 0 Å². The van der Waals surface area contributed by atoms with Crippen molar-refractivity contribution in [3.05, 3.63) is 23.7 Å². The van der Waals surface area contributed by atoms with E-state index in [-0.39, 0.29) is 5.91 Å². The van der Waals surface area contributed by atoms with Crippen molar-refractivity contribution in [2.24, 2.45) is 4.99 Å².